The number of esters is 1. The van der Waals surface area contributed by atoms with Crippen LogP contribution in [0.3, 0.4) is 0 Å². The maximum absolute atomic E-state index is 13.0. The van der Waals surface area contributed by atoms with Gasteiger partial charge in [-0.2, -0.15) is 0 Å². The number of carbonyl (C=O) groups is 1. The average molecular weight is 572 g/mol. The average Bonchev–Trinajstić information content (AvgIpc) is 2.82. The number of aromatic nitrogens is 2. The highest BCUT2D eigenvalue weighted by Gasteiger charge is 2.26. The third-order valence-electron chi connectivity index (χ3n) is 5.02. The molecule has 4 rings (SSSR count). The van der Waals surface area contributed by atoms with Gasteiger partial charge in [-0.3, -0.25) is 4.79 Å². The number of aromatic amines is 1. The summed E-state index contributed by atoms with van der Waals surface area (Å²) >= 11 is 7.20. The Morgan fingerprint density at radius 3 is 2.27 bits per heavy atom. The van der Waals surface area contributed by atoms with E-state index < -0.39 is 11.5 Å². The van der Waals surface area contributed by atoms with E-state index in [1.807, 2.05) is 60.7 Å². The van der Waals surface area contributed by atoms with Crippen LogP contribution in [0.15, 0.2) is 74.5 Å². The van der Waals surface area contributed by atoms with Crippen LogP contribution < -0.4 is 10.3 Å². The van der Waals surface area contributed by atoms with Crippen LogP contribution in [0.4, 0.5) is 0 Å². The Hall–Kier alpha value is -2.97. The predicted molar refractivity (Wildman–Crippen MR) is 134 cm³/mol. The minimum absolute atomic E-state index is 0.0868. The van der Waals surface area contributed by atoms with Gasteiger partial charge in [0.2, 0.25) is 0 Å². The molecule has 33 heavy (non-hydrogen) atoms. The van der Waals surface area contributed by atoms with Crippen molar-refractivity contribution in [1.29, 1.82) is 0 Å². The fraction of sp³-hybridized carbons (Fsp3) is 0.160. The summed E-state index contributed by atoms with van der Waals surface area (Å²) in [5, 5.41) is 0. The number of hydrogen-bond donors (Lipinski definition) is 1. The van der Waals surface area contributed by atoms with Crippen LogP contribution in [0.5, 0.6) is 5.75 Å². The standard InChI is InChI=1S/C25H20Br2N2O4/c1-2-32-25(31)18-22(33-14-16-11-7-4-8-12-16)21-20(29-24(18)30)19(26)17(23(27)28-21)13-15-9-5-3-6-10-15/h3-12H,2,13-14H2,1H3,(H,29,30). The summed E-state index contributed by atoms with van der Waals surface area (Å²) in [6, 6.07) is 19.4. The molecule has 4 aromatic rings. The van der Waals surface area contributed by atoms with Crippen LogP contribution in [0.2, 0.25) is 0 Å². The second-order valence-electron chi connectivity index (χ2n) is 7.23. The number of ether oxygens (including phenoxy) is 2. The highest BCUT2D eigenvalue weighted by atomic mass is 79.9. The van der Waals surface area contributed by atoms with Gasteiger partial charge < -0.3 is 14.5 Å². The largest absolute Gasteiger partial charge is 0.485 e. The van der Waals surface area contributed by atoms with E-state index in [9.17, 15) is 9.59 Å². The summed E-state index contributed by atoms with van der Waals surface area (Å²) in [4.78, 5) is 33.1. The monoisotopic (exact) mass is 570 g/mol. The molecule has 0 bridgehead atoms. The molecule has 8 heteroatoms. The number of pyridine rings is 2. The maximum Gasteiger partial charge on any atom is 0.347 e. The Labute approximate surface area is 207 Å². The Bertz CT molecular complexity index is 1360. The number of fused-ring (bicyclic) bond motifs is 1. The molecule has 0 aliphatic heterocycles. The van der Waals surface area contributed by atoms with Gasteiger partial charge in [0.1, 0.15) is 16.7 Å². The molecule has 1 N–H and O–H groups in total. The van der Waals surface area contributed by atoms with Crippen LogP contribution in [-0.2, 0) is 17.8 Å². The molecule has 0 fully saturated rings. The minimum Gasteiger partial charge on any atom is -0.485 e. The number of halogens is 2. The second-order valence-corrected chi connectivity index (χ2v) is 8.78. The zero-order chi connectivity index (χ0) is 23.4. The number of nitrogens with zero attached hydrogens (tertiary/aromatic N) is 1. The van der Waals surface area contributed by atoms with Gasteiger partial charge in [-0.05, 0) is 49.9 Å². The number of hydrogen-bond acceptors (Lipinski definition) is 5. The van der Waals surface area contributed by atoms with Gasteiger partial charge in [0.15, 0.2) is 11.3 Å². The predicted octanol–water partition coefficient (Wildman–Crippen LogP) is 5.79. The van der Waals surface area contributed by atoms with E-state index in [1.165, 1.54) is 0 Å². The number of nitrogens with one attached hydrogen (secondary N) is 1. The third kappa shape index (κ3) is 5.02. The molecule has 0 saturated heterocycles. The maximum atomic E-state index is 13.0. The molecule has 0 aliphatic rings. The SMILES string of the molecule is CCOC(=O)c1c(OCc2ccccc2)c2nc(Br)c(Cc3ccccc3)c(Br)c2[nH]c1=O. The molecular weight excluding hydrogens is 552 g/mol. The minimum atomic E-state index is -0.758. The van der Waals surface area contributed by atoms with E-state index >= 15 is 0 Å². The summed E-state index contributed by atoms with van der Waals surface area (Å²) in [5.74, 6) is -0.671. The van der Waals surface area contributed by atoms with Gasteiger partial charge in [0, 0.05) is 16.5 Å². The third-order valence-corrected chi connectivity index (χ3v) is 6.55. The van der Waals surface area contributed by atoms with Gasteiger partial charge in [-0.15, -0.1) is 0 Å². The van der Waals surface area contributed by atoms with Crippen LogP contribution in [-0.4, -0.2) is 22.5 Å². The summed E-state index contributed by atoms with van der Waals surface area (Å²) in [5.41, 5.74) is 2.84. The van der Waals surface area contributed by atoms with Crippen molar-refractivity contribution >= 4 is 48.9 Å². The van der Waals surface area contributed by atoms with E-state index in [2.05, 4.69) is 41.8 Å². The lowest BCUT2D eigenvalue weighted by molar-refractivity contribution is 0.0519. The lowest BCUT2D eigenvalue weighted by Crippen LogP contribution is -2.22. The van der Waals surface area contributed by atoms with E-state index in [1.54, 1.807) is 6.92 Å². The quantitative estimate of drug-likeness (QED) is 0.224. The fourth-order valence-corrected chi connectivity index (χ4v) is 4.85. The van der Waals surface area contributed by atoms with Gasteiger partial charge in [-0.25, -0.2) is 9.78 Å². The van der Waals surface area contributed by atoms with Gasteiger partial charge in [-0.1, -0.05) is 60.7 Å². The molecule has 0 atom stereocenters. The summed E-state index contributed by atoms with van der Waals surface area (Å²) in [6.45, 7) is 1.97. The summed E-state index contributed by atoms with van der Waals surface area (Å²) in [7, 11) is 0. The normalized spacial score (nSPS) is 10.9. The number of H-pyrrole nitrogens is 1. The van der Waals surface area contributed by atoms with Gasteiger partial charge in [0.05, 0.1) is 12.1 Å². The van der Waals surface area contributed by atoms with E-state index in [4.69, 9.17) is 9.47 Å². The topological polar surface area (TPSA) is 81.3 Å². The molecular formula is C25H20Br2N2O4. The van der Waals surface area contributed by atoms with E-state index in [-0.39, 0.29) is 24.5 Å². The second kappa shape index (κ2) is 10.3. The number of benzene rings is 2. The van der Waals surface area contributed by atoms with Crippen LogP contribution in [0, 0.1) is 0 Å². The Morgan fingerprint density at radius 2 is 1.64 bits per heavy atom. The van der Waals surface area contributed by atoms with Crippen molar-refractivity contribution in [3.63, 3.8) is 0 Å². The van der Waals surface area contributed by atoms with Crippen molar-refractivity contribution in [3.05, 3.63) is 102 Å². The summed E-state index contributed by atoms with van der Waals surface area (Å²) in [6.07, 6.45) is 0.590. The van der Waals surface area contributed by atoms with Crippen LogP contribution in [0.25, 0.3) is 11.0 Å². The lowest BCUT2D eigenvalue weighted by atomic mass is 10.1. The van der Waals surface area contributed by atoms with E-state index in [0.717, 1.165) is 16.7 Å². The lowest BCUT2D eigenvalue weighted by Gasteiger charge is -2.16. The van der Waals surface area contributed by atoms with Crippen molar-refractivity contribution in [1.82, 2.24) is 9.97 Å². The van der Waals surface area contributed by atoms with Crippen molar-refractivity contribution in [3.8, 4) is 5.75 Å². The molecule has 0 aliphatic carbocycles. The molecule has 0 saturated carbocycles. The van der Waals surface area contributed by atoms with Crippen LogP contribution in [0.1, 0.15) is 34.0 Å². The molecule has 2 aromatic heterocycles. The highest BCUT2D eigenvalue weighted by molar-refractivity contribution is 9.11. The molecule has 0 radical (unpaired) electrons. The molecule has 6 nitrogen and oxygen atoms in total. The van der Waals surface area contributed by atoms with Crippen LogP contribution >= 0.6 is 31.9 Å². The first-order valence-corrected chi connectivity index (χ1v) is 11.9. The van der Waals surface area contributed by atoms with Crippen molar-refractivity contribution in [2.75, 3.05) is 6.61 Å². The van der Waals surface area contributed by atoms with Crippen molar-refractivity contribution < 1.29 is 14.3 Å². The molecule has 0 amide bonds. The van der Waals surface area contributed by atoms with E-state index in [0.29, 0.717) is 26.5 Å². The smallest absolute Gasteiger partial charge is 0.347 e. The zero-order valence-corrected chi connectivity index (χ0v) is 20.9. The fourth-order valence-electron chi connectivity index (χ4n) is 3.45. The van der Waals surface area contributed by atoms with Crippen molar-refractivity contribution in [2.24, 2.45) is 0 Å². The Morgan fingerprint density at radius 1 is 1.00 bits per heavy atom. The molecule has 0 unspecified atom stereocenters. The molecule has 2 aromatic carbocycles. The first-order valence-electron chi connectivity index (χ1n) is 10.3. The Kier molecular flexibility index (Phi) is 7.25. The van der Waals surface area contributed by atoms with Gasteiger partial charge >= 0.3 is 5.97 Å². The molecule has 168 valence electrons. The highest BCUT2D eigenvalue weighted by Crippen LogP contribution is 2.36. The first kappa shape index (κ1) is 23.2. The number of rotatable bonds is 7. The zero-order valence-electron chi connectivity index (χ0n) is 17.7. The summed E-state index contributed by atoms with van der Waals surface area (Å²) < 4.78 is 12.4. The van der Waals surface area contributed by atoms with Gasteiger partial charge in [0.25, 0.3) is 5.56 Å². The first-order chi connectivity index (χ1) is 16.0. The molecule has 0 spiro atoms. The molecule has 2 heterocycles. The number of carbonyl (C=O) groups excluding carboxylic acids is 1. The Balaban J connectivity index is 1.87. The van der Waals surface area contributed by atoms with Crippen molar-refractivity contribution in [2.45, 2.75) is 20.0 Å².